The average molecular weight is 288 g/mol. The fourth-order valence-electron chi connectivity index (χ4n) is 2.87. The van der Waals surface area contributed by atoms with Crippen LogP contribution in [-0.2, 0) is 4.79 Å². The number of likely N-dealkylation sites (tertiary alicyclic amines) is 1. The van der Waals surface area contributed by atoms with Gasteiger partial charge in [0.25, 0.3) is 5.91 Å². The Kier molecular flexibility index (Phi) is 4.03. The molecule has 3 rings (SSSR count). The Balaban J connectivity index is 1.64. The van der Waals surface area contributed by atoms with Crippen molar-refractivity contribution in [2.24, 2.45) is 0 Å². The number of piperazine rings is 1. The summed E-state index contributed by atoms with van der Waals surface area (Å²) in [6.45, 7) is 4.77. The smallest absolute Gasteiger partial charge is 0.272 e. The van der Waals surface area contributed by atoms with Crippen molar-refractivity contribution in [2.45, 2.75) is 12.8 Å². The van der Waals surface area contributed by atoms with Gasteiger partial charge in [-0.25, -0.2) is 4.98 Å². The van der Waals surface area contributed by atoms with E-state index in [4.69, 9.17) is 0 Å². The Morgan fingerprint density at radius 3 is 2.33 bits per heavy atom. The standard InChI is InChI=1S/C15H20N4O2/c20-12-17-7-9-18(10-8-17)13-3-4-14(16-11-13)15(21)19-5-1-2-6-19/h3-4,11-12H,1-2,5-10H2. The summed E-state index contributed by atoms with van der Waals surface area (Å²) in [7, 11) is 0. The van der Waals surface area contributed by atoms with E-state index in [2.05, 4.69) is 9.88 Å². The Hall–Kier alpha value is -2.11. The second-order valence-corrected chi connectivity index (χ2v) is 5.53. The van der Waals surface area contributed by atoms with Crippen molar-refractivity contribution in [3.63, 3.8) is 0 Å². The van der Waals surface area contributed by atoms with E-state index in [1.54, 1.807) is 11.1 Å². The van der Waals surface area contributed by atoms with Gasteiger partial charge in [-0.1, -0.05) is 0 Å². The number of anilines is 1. The second-order valence-electron chi connectivity index (χ2n) is 5.53. The van der Waals surface area contributed by atoms with Crippen molar-refractivity contribution in [3.05, 3.63) is 24.0 Å². The highest BCUT2D eigenvalue weighted by Gasteiger charge is 2.21. The van der Waals surface area contributed by atoms with Gasteiger partial charge in [0, 0.05) is 39.3 Å². The van der Waals surface area contributed by atoms with Gasteiger partial charge >= 0.3 is 0 Å². The predicted molar refractivity (Wildman–Crippen MR) is 79.2 cm³/mol. The minimum Gasteiger partial charge on any atom is -0.367 e. The fraction of sp³-hybridized carbons (Fsp3) is 0.533. The summed E-state index contributed by atoms with van der Waals surface area (Å²) in [5.41, 5.74) is 1.53. The van der Waals surface area contributed by atoms with Crippen LogP contribution in [0.25, 0.3) is 0 Å². The quantitative estimate of drug-likeness (QED) is 0.764. The minimum atomic E-state index is 0.0322. The van der Waals surface area contributed by atoms with Crippen LogP contribution >= 0.6 is 0 Å². The van der Waals surface area contributed by atoms with E-state index >= 15 is 0 Å². The van der Waals surface area contributed by atoms with Crippen LogP contribution in [0.3, 0.4) is 0 Å². The number of carbonyl (C=O) groups excluding carboxylic acids is 2. The monoisotopic (exact) mass is 288 g/mol. The van der Waals surface area contributed by atoms with E-state index in [9.17, 15) is 9.59 Å². The summed E-state index contributed by atoms with van der Waals surface area (Å²) in [5.74, 6) is 0.0322. The van der Waals surface area contributed by atoms with E-state index in [0.717, 1.165) is 64.2 Å². The van der Waals surface area contributed by atoms with Crippen molar-refractivity contribution in [1.29, 1.82) is 0 Å². The van der Waals surface area contributed by atoms with Crippen molar-refractivity contribution in [2.75, 3.05) is 44.2 Å². The van der Waals surface area contributed by atoms with E-state index in [1.807, 2.05) is 17.0 Å². The van der Waals surface area contributed by atoms with Gasteiger partial charge < -0.3 is 14.7 Å². The number of aromatic nitrogens is 1. The van der Waals surface area contributed by atoms with Crippen LogP contribution in [0.4, 0.5) is 5.69 Å². The van der Waals surface area contributed by atoms with Gasteiger partial charge in [-0.15, -0.1) is 0 Å². The van der Waals surface area contributed by atoms with Crippen LogP contribution < -0.4 is 4.90 Å². The molecule has 0 atom stereocenters. The zero-order valence-electron chi connectivity index (χ0n) is 12.1. The van der Waals surface area contributed by atoms with Crippen LogP contribution in [0.1, 0.15) is 23.3 Å². The van der Waals surface area contributed by atoms with Crippen molar-refractivity contribution < 1.29 is 9.59 Å². The Labute approximate surface area is 124 Å². The van der Waals surface area contributed by atoms with Crippen LogP contribution in [0.15, 0.2) is 18.3 Å². The maximum atomic E-state index is 12.2. The Bertz CT molecular complexity index is 503. The third-order valence-corrected chi connectivity index (χ3v) is 4.19. The molecular weight excluding hydrogens is 268 g/mol. The van der Waals surface area contributed by atoms with E-state index in [1.165, 1.54) is 0 Å². The number of hydrogen-bond donors (Lipinski definition) is 0. The first-order valence-corrected chi connectivity index (χ1v) is 7.47. The average Bonchev–Trinajstić information content (AvgIpc) is 3.09. The van der Waals surface area contributed by atoms with Gasteiger partial charge in [-0.05, 0) is 25.0 Å². The summed E-state index contributed by atoms with van der Waals surface area (Å²) in [5, 5.41) is 0. The fourth-order valence-corrected chi connectivity index (χ4v) is 2.87. The van der Waals surface area contributed by atoms with Gasteiger partial charge in [0.1, 0.15) is 5.69 Å². The molecule has 2 fully saturated rings. The molecule has 3 heterocycles. The molecule has 0 aliphatic carbocycles. The Morgan fingerprint density at radius 2 is 1.76 bits per heavy atom. The van der Waals surface area contributed by atoms with Gasteiger partial charge in [0.05, 0.1) is 11.9 Å². The molecule has 0 spiro atoms. The van der Waals surface area contributed by atoms with Crippen molar-refractivity contribution in [1.82, 2.24) is 14.8 Å². The molecule has 6 heteroatoms. The molecule has 0 radical (unpaired) electrons. The molecule has 2 aliphatic heterocycles. The lowest BCUT2D eigenvalue weighted by atomic mass is 10.2. The lowest BCUT2D eigenvalue weighted by Gasteiger charge is -2.33. The number of nitrogens with zero attached hydrogens (tertiary/aromatic N) is 4. The molecule has 0 saturated carbocycles. The van der Waals surface area contributed by atoms with Crippen LogP contribution in [0, 0.1) is 0 Å². The number of amides is 2. The van der Waals surface area contributed by atoms with Gasteiger partial charge in [0.15, 0.2) is 0 Å². The lowest BCUT2D eigenvalue weighted by Crippen LogP contribution is -2.45. The highest BCUT2D eigenvalue weighted by atomic mass is 16.2. The maximum absolute atomic E-state index is 12.2. The van der Waals surface area contributed by atoms with Gasteiger partial charge in [-0.2, -0.15) is 0 Å². The number of pyridine rings is 1. The van der Waals surface area contributed by atoms with Gasteiger partial charge in [0.2, 0.25) is 6.41 Å². The Morgan fingerprint density at radius 1 is 1.05 bits per heavy atom. The highest BCUT2D eigenvalue weighted by molar-refractivity contribution is 5.92. The normalized spacial score (nSPS) is 19.0. The highest BCUT2D eigenvalue weighted by Crippen LogP contribution is 2.17. The SMILES string of the molecule is O=CN1CCN(c2ccc(C(=O)N3CCCC3)nc2)CC1. The molecule has 2 amide bonds. The third-order valence-electron chi connectivity index (χ3n) is 4.19. The van der Waals surface area contributed by atoms with Crippen LogP contribution in [-0.4, -0.2) is 66.4 Å². The van der Waals surface area contributed by atoms with Crippen molar-refractivity contribution >= 4 is 18.0 Å². The molecule has 112 valence electrons. The molecule has 1 aromatic heterocycles. The molecule has 0 N–H and O–H groups in total. The zero-order chi connectivity index (χ0) is 14.7. The summed E-state index contributed by atoms with van der Waals surface area (Å²) in [6.07, 6.45) is 4.84. The van der Waals surface area contributed by atoms with Crippen LogP contribution in [0.2, 0.25) is 0 Å². The largest absolute Gasteiger partial charge is 0.367 e. The predicted octanol–water partition coefficient (Wildman–Crippen LogP) is 0.596. The lowest BCUT2D eigenvalue weighted by molar-refractivity contribution is -0.118. The number of carbonyl (C=O) groups is 2. The van der Waals surface area contributed by atoms with Crippen molar-refractivity contribution in [3.8, 4) is 0 Å². The second kappa shape index (κ2) is 6.11. The topological polar surface area (TPSA) is 56.8 Å². The molecule has 0 aromatic carbocycles. The minimum absolute atomic E-state index is 0.0322. The summed E-state index contributed by atoms with van der Waals surface area (Å²) >= 11 is 0. The van der Waals surface area contributed by atoms with E-state index < -0.39 is 0 Å². The zero-order valence-corrected chi connectivity index (χ0v) is 12.1. The summed E-state index contributed by atoms with van der Waals surface area (Å²) in [4.78, 5) is 33.1. The molecule has 0 bridgehead atoms. The maximum Gasteiger partial charge on any atom is 0.272 e. The van der Waals surface area contributed by atoms with Crippen LogP contribution in [0.5, 0.6) is 0 Å². The first kappa shape index (κ1) is 13.9. The van der Waals surface area contributed by atoms with E-state index in [0.29, 0.717) is 5.69 Å². The number of hydrogen-bond acceptors (Lipinski definition) is 4. The first-order valence-electron chi connectivity index (χ1n) is 7.47. The third kappa shape index (κ3) is 2.99. The summed E-state index contributed by atoms with van der Waals surface area (Å²) in [6, 6.07) is 3.76. The molecule has 1 aromatic rings. The van der Waals surface area contributed by atoms with E-state index in [-0.39, 0.29) is 5.91 Å². The summed E-state index contributed by atoms with van der Waals surface area (Å²) < 4.78 is 0. The molecule has 2 saturated heterocycles. The molecule has 2 aliphatic rings. The molecule has 21 heavy (non-hydrogen) atoms. The van der Waals surface area contributed by atoms with Gasteiger partial charge in [-0.3, -0.25) is 9.59 Å². The molecule has 6 nitrogen and oxygen atoms in total. The first-order chi connectivity index (χ1) is 10.3. The molecule has 0 unspecified atom stereocenters. The number of rotatable bonds is 3. The molecular formula is C15H20N4O2.